The quantitative estimate of drug-likeness (QED) is 0.589. The van der Waals surface area contributed by atoms with E-state index in [1.807, 2.05) is 48.5 Å². The molecule has 1 atom stereocenters. The summed E-state index contributed by atoms with van der Waals surface area (Å²) in [6, 6.07) is 17.7. The number of amides is 1. The summed E-state index contributed by atoms with van der Waals surface area (Å²) >= 11 is 0. The molecule has 0 saturated carbocycles. The van der Waals surface area contributed by atoms with Gasteiger partial charge in [0.1, 0.15) is 0 Å². The average molecular weight is 453 g/mol. The van der Waals surface area contributed by atoms with E-state index in [9.17, 15) is 4.79 Å². The minimum Gasteiger partial charge on any atom is -0.344 e. The zero-order chi connectivity index (χ0) is 19.2. The second kappa shape index (κ2) is 10.3. The first-order chi connectivity index (χ1) is 13.8. The lowest BCUT2D eigenvalue weighted by Crippen LogP contribution is -2.31. The zero-order valence-electron chi connectivity index (χ0n) is 16.2. The number of hydrogen-bond donors (Lipinski definition) is 2. The van der Waals surface area contributed by atoms with Crippen LogP contribution in [0.25, 0.3) is 0 Å². The van der Waals surface area contributed by atoms with Crippen LogP contribution in [-0.2, 0) is 19.5 Å². The Morgan fingerprint density at radius 3 is 2.59 bits per heavy atom. The van der Waals surface area contributed by atoms with Gasteiger partial charge in [-0.15, -0.1) is 17.0 Å². The van der Waals surface area contributed by atoms with Crippen LogP contribution in [-0.4, -0.2) is 15.9 Å². The molecule has 0 spiro atoms. The highest BCUT2D eigenvalue weighted by Crippen LogP contribution is 2.27. The molecule has 5 nitrogen and oxygen atoms in total. The third kappa shape index (κ3) is 5.49. The number of rotatable bonds is 6. The van der Waals surface area contributed by atoms with Crippen molar-refractivity contribution in [1.82, 2.24) is 20.6 Å². The molecule has 150 valence electrons. The number of aromatic nitrogens is 2. The molecule has 1 aromatic carbocycles. The van der Waals surface area contributed by atoms with Crippen LogP contribution in [0.3, 0.4) is 0 Å². The number of aryl methyl sites for hydroxylation is 1. The van der Waals surface area contributed by atoms with Crippen molar-refractivity contribution in [2.24, 2.45) is 0 Å². The fourth-order valence-electron chi connectivity index (χ4n) is 3.60. The van der Waals surface area contributed by atoms with Crippen molar-refractivity contribution < 1.29 is 4.79 Å². The first-order valence-electron chi connectivity index (χ1n) is 9.74. The summed E-state index contributed by atoms with van der Waals surface area (Å²) in [5, 5.41) is 6.52. The van der Waals surface area contributed by atoms with Crippen LogP contribution in [0.5, 0.6) is 0 Å². The first-order valence-corrected chi connectivity index (χ1v) is 9.74. The molecular weight excluding hydrogens is 428 g/mol. The monoisotopic (exact) mass is 452 g/mol. The number of fused-ring (bicyclic) bond motifs is 1. The molecule has 0 radical (unpaired) electrons. The van der Waals surface area contributed by atoms with Crippen LogP contribution in [0.1, 0.15) is 51.8 Å². The number of halogens is 1. The van der Waals surface area contributed by atoms with Crippen LogP contribution in [0.15, 0.2) is 67.0 Å². The minimum absolute atomic E-state index is 0. The van der Waals surface area contributed by atoms with E-state index < -0.39 is 0 Å². The molecule has 0 fully saturated rings. The van der Waals surface area contributed by atoms with Gasteiger partial charge in [-0.05, 0) is 60.7 Å². The normalized spacial score (nSPS) is 15.1. The summed E-state index contributed by atoms with van der Waals surface area (Å²) < 4.78 is 0. The van der Waals surface area contributed by atoms with Gasteiger partial charge in [0, 0.05) is 31.0 Å². The molecule has 1 unspecified atom stereocenters. The lowest BCUT2D eigenvalue weighted by atomic mass is 9.91. The third-order valence-electron chi connectivity index (χ3n) is 5.08. The molecule has 1 amide bonds. The highest BCUT2D eigenvalue weighted by molar-refractivity contribution is 8.93. The molecule has 6 heteroatoms. The van der Waals surface area contributed by atoms with E-state index in [-0.39, 0.29) is 28.9 Å². The predicted molar refractivity (Wildman–Crippen MR) is 119 cm³/mol. The number of hydrogen-bond acceptors (Lipinski definition) is 4. The van der Waals surface area contributed by atoms with Gasteiger partial charge in [0.25, 0.3) is 5.91 Å². The second-order valence-electron chi connectivity index (χ2n) is 7.09. The van der Waals surface area contributed by atoms with E-state index in [0.29, 0.717) is 5.56 Å². The lowest BCUT2D eigenvalue weighted by molar-refractivity contribution is 0.0931. The summed E-state index contributed by atoms with van der Waals surface area (Å²) in [6.07, 6.45) is 6.65. The molecule has 2 N–H and O–H groups in total. The number of pyridine rings is 2. The van der Waals surface area contributed by atoms with E-state index in [2.05, 4.69) is 26.7 Å². The molecule has 29 heavy (non-hydrogen) atoms. The van der Waals surface area contributed by atoms with Crippen molar-refractivity contribution in [2.75, 3.05) is 0 Å². The molecule has 0 bridgehead atoms. The molecule has 1 aliphatic carbocycles. The van der Waals surface area contributed by atoms with E-state index in [1.54, 1.807) is 12.4 Å². The van der Waals surface area contributed by atoms with Crippen molar-refractivity contribution in [2.45, 2.75) is 38.4 Å². The number of benzene rings is 1. The largest absolute Gasteiger partial charge is 0.344 e. The Morgan fingerprint density at radius 1 is 0.966 bits per heavy atom. The average Bonchev–Trinajstić information content (AvgIpc) is 2.75. The van der Waals surface area contributed by atoms with Crippen molar-refractivity contribution >= 4 is 22.9 Å². The van der Waals surface area contributed by atoms with Gasteiger partial charge in [-0.2, -0.15) is 0 Å². The molecule has 2 heterocycles. The van der Waals surface area contributed by atoms with E-state index >= 15 is 0 Å². The van der Waals surface area contributed by atoms with Crippen molar-refractivity contribution in [3.8, 4) is 0 Å². The Hall–Kier alpha value is -2.57. The smallest absolute Gasteiger partial charge is 0.251 e. The fourth-order valence-corrected chi connectivity index (χ4v) is 3.60. The number of nitrogens with zero attached hydrogens (tertiary/aromatic N) is 2. The molecule has 0 saturated heterocycles. The summed E-state index contributed by atoms with van der Waals surface area (Å²) in [4.78, 5) is 21.5. The van der Waals surface area contributed by atoms with Crippen LogP contribution in [0, 0.1) is 0 Å². The van der Waals surface area contributed by atoms with Gasteiger partial charge in [-0.3, -0.25) is 14.8 Å². The van der Waals surface area contributed by atoms with E-state index in [0.717, 1.165) is 49.3 Å². The third-order valence-corrected chi connectivity index (χ3v) is 5.08. The molecule has 3 aromatic rings. The Kier molecular flexibility index (Phi) is 7.49. The first kappa shape index (κ1) is 21.1. The Labute approximate surface area is 181 Å². The number of nitrogens with one attached hydrogen (secondary N) is 2. The summed E-state index contributed by atoms with van der Waals surface area (Å²) in [5.74, 6) is -0.0449. The van der Waals surface area contributed by atoms with Crippen LogP contribution >= 0.6 is 17.0 Å². The maximum absolute atomic E-state index is 12.7. The van der Waals surface area contributed by atoms with Gasteiger partial charge in [-0.1, -0.05) is 24.3 Å². The lowest BCUT2D eigenvalue weighted by Gasteiger charge is -2.25. The van der Waals surface area contributed by atoms with Gasteiger partial charge < -0.3 is 10.6 Å². The Morgan fingerprint density at radius 2 is 1.79 bits per heavy atom. The molecule has 0 aliphatic heterocycles. The topological polar surface area (TPSA) is 66.9 Å². The molecule has 1 aliphatic rings. The minimum atomic E-state index is -0.0449. The standard InChI is InChI=1S/C23H24N4O.BrH/c28-23(27-21-8-3-5-18-6-4-14-26-22(18)21)19-11-9-17(10-12-19)15-24-16-20-7-1-2-13-25-20;/h1-2,4,6-7,9-14,21,24H,3,5,8,15-16H2,(H,27,28);1H. The summed E-state index contributed by atoms with van der Waals surface area (Å²) in [7, 11) is 0. The molecular formula is C23H25BrN4O. The summed E-state index contributed by atoms with van der Waals surface area (Å²) in [5.41, 5.74) is 5.08. The molecule has 4 rings (SSSR count). The van der Waals surface area contributed by atoms with Crippen LogP contribution in [0.4, 0.5) is 0 Å². The zero-order valence-corrected chi connectivity index (χ0v) is 17.9. The van der Waals surface area contributed by atoms with Crippen molar-refractivity contribution in [3.05, 3.63) is 95.1 Å². The molecule has 2 aromatic heterocycles. The maximum Gasteiger partial charge on any atom is 0.251 e. The predicted octanol–water partition coefficient (Wildman–Crippen LogP) is 4.15. The van der Waals surface area contributed by atoms with Crippen molar-refractivity contribution in [1.29, 1.82) is 0 Å². The number of carbonyl (C=O) groups excluding carboxylic acids is 1. The second-order valence-corrected chi connectivity index (χ2v) is 7.09. The van der Waals surface area contributed by atoms with Gasteiger partial charge in [0.2, 0.25) is 0 Å². The summed E-state index contributed by atoms with van der Waals surface area (Å²) in [6.45, 7) is 1.45. The SMILES string of the molecule is Br.O=C(NC1CCCc2cccnc21)c1ccc(CNCc2ccccn2)cc1. The maximum atomic E-state index is 12.7. The van der Waals surface area contributed by atoms with Crippen molar-refractivity contribution in [3.63, 3.8) is 0 Å². The highest BCUT2D eigenvalue weighted by Gasteiger charge is 2.23. The van der Waals surface area contributed by atoms with Crippen LogP contribution < -0.4 is 10.6 Å². The van der Waals surface area contributed by atoms with Crippen LogP contribution in [0.2, 0.25) is 0 Å². The highest BCUT2D eigenvalue weighted by atomic mass is 79.9. The van der Waals surface area contributed by atoms with Gasteiger partial charge >= 0.3 is 0 Å². The number of carbonyl (C=O) groups is 1. The van der Waals surface area contributed by atoms with Gasteiger partial charge in [-0.25, -0.2) is 0 Å². The Balaban J connectivity index is 0.00000240. The van der Waals surface area contributed by atoms with Gasteiger partial charge in [0.15, 0.2) is 0 Å². The van der Waals surface area contributed by atoms with Gasteiger partial charge in [0.05, 0.1) is 17.4 Å². The fraction of sp³-hybridized carbons (Fsp3) is 0.261. The Bertz CT molecular complexity index is 931. The van der Waals surface area contributed by atoms with E-state index in [4.69, 9.17) is 0 Å². The van der Waals surface area contributed by atoms with E-state index in [1.165, 1.54) is 5.56 Å².